The van der Waals surface area contributed by atoms with Crippen LogP contribution in [0.1, 0.15) is 49.0 Å². The zero-order valence-electron chi connectivity index (χ0n) is 25.2. The van der Waals surface area contributed by atoms with Gasteiger partial charge in [0.1, 0.15) is 12.1 Å². The number of carbonyl (C=O) groups is 6. The summed E-state index contributed by atoms with van der Waals surface area (Å²) in [6.07, 6.45) is 1.83. The highest BCUT2D eigenvalue weighted by Crippen LogP contribution is 2.24. The third-order valence-electron chi connectivity index (χ3n) is 8.46. The number of hydrogen-bond donors (Lipinski definition) is 4. The van der Waals surface area contributed by atoms with Gasteiger partial charge in [0.15, 0.2) is 12.3 Å². The molecule has 16 heteroatoms. The number of benzene rings is 1. The van der Waals surface area contributed by atoms with Crippen molar-refractivity contribution in [3.63, 3.8) is 0 Å². The van der Waals surface area contributed by atoms with Crippen LogP contribution in [0.15, 0.2) is 36.4 Å². The molecule has 5 amide bonds. The number of carboxylic acids is 1. The van der Waals surface area contributed by atoms with Crippen molar-refractivity contribution in [3.8, 4) is 11.6 Å². The van der Waals surface area contributed by atoms with Gasteiger partial charge in [-0.05, 0) is 44.2 Å². The molecule has 0 spiro atoms. The second kappa shape index (κ2) is 14.3. The SMILES string of the molecule is O=C(O)CC[C@H](NC(=O)c1cc(OCC(=O)N2CC[C@H]2C(=O)NC2CCC2)n(-c2ccccc2)n1)C(=O)N1CCN(C(=O)O)CC1. The van der Waals surface area contributed by atoms with Crippen molar-refractivity contribution in [2.45, 2.75) is 56.7 Å². The van der Waals surface area contributed by atoms with Crippen molar-refractivity contribution >= 4 is 35.7 Å². The van der Waals surface area contributed by atoms with Gasteiger partial charge in [-0.3, -0.25) is 24.0 Å². The Morgan fingerprint density at radius 1 is 0.935 bits per heavy atom. The molecule has 1 saturated carbocycles. The number of carbonyl (C=O) groups excluding carboxylic acids is 4. The Kier molecular flexibility index (Phi) is 10.0. The second-order valence-corrected chi connectivity index (χ2v) is 11.5. The molecule has 1 aromatic heterocycles. The molecule has 4 N–H and O–H groups in total. The van der Waals surface area contributed by atoms with Crippen molar-refractivity contribution in [2.24, 2.45) is 0 Å². The van der Waals surface area contributed by atoms with Gasteiger partial charge in [-0.2, -0.15) is 5.10 Å². The summed E-state index contributed by atoms with van der Waals surface area (Å²) in [6.45, 7) is 0.386. The Labute approximate surface area is 264 Å². The second-order valence-electron chi connectivity index (χ2n) is 11.5. The number of carboxylic acid groups (broad SMARTS) is 2. The lowest BCUT2D eigenvalue weighted by Gasteiger charge is -2.41. The molecule has 2 aromatic rings. The van der Waals surface area contributed by atoms with Crippen LogP contribution in [0.2, 0.25) is 0 Å². The molecule has 0 radical (unpaired) electrons. The van der Waals surface area contributed by atoms with Crippen LogP contribution in [-0.4, -0.2) is 128 Å². The van der Waals surface area contributed by atoms with Crippen molar-refractivity contribution in [3.05, 3.63) is 42.1 Å². The lowest BCUT2D eigenvalue weighted by atomic mass is 9.92. The highest BCUT2D eigenvalue weighted by molar-refractivity contribution is 5.96. The maximum Gasteiger partial charge on any atom is 0.407 e. The molecule has 1 aromatic carbocycles. The zero-order valence-corrected chi connectivity index (χ0v) is 25.2. The molecule has 0 unspecified atom stereocenters. The van der Waals surface area contributed by atoms with E-state index in [4.69, 9.17) is 4.74 Å². The molecule has 2 atom stereocenters. The number of hydrogen-bond acceptors (Lipinski definition) is 8. The van der Waals surface area contributed by atoms with Gasteiger partial charge in [-0.1, -0.05) is 18.2 Å². The van der Waals surface area contributed by atoms with Crippen molar-refractivity contribution in [1.82, 2.24) is 35.1 Å². The number of piperazine rings is 1. The van der Waals surface area contributed by atoms with E-state index in [1.165, 1.54) is 25.4 Å². The zero-order chi connectivity index (χ0) is 32.8. The smallest absolute Gasteiger partial charge is 0.407 e. The number of ether oxygens (including phenoxy) is 1. The van der Waals surface area contributed by atoms with E-state index in [0.717, 1.165) is 19.3 Å². The number of amides is 5. The van der Waals surface area contributed by atoms with Gasteiger partial charge in [0.25, 0.3) is 11.8 Å². The summed E-state index contributed by atoms with van der Waals surface area (Å²) in [7, 11) is 0. The monoisotopic (exact) mass is 639 g/mol. The summed E-state index contributed by atoms with van der Waals surface area (Å²) in [5.41, 5.74) is 0.386. The van der Waals surface area contributed by atoms with Gasteiger partial charge in [-0.25, -0.2) is 9.48 Å². The number of likely N-dealkylation sites (tertiary alicyclic amines) is 1. The number of rotatable bonds is 12. The van der Waals surface area contributed by atoms with E-state index in [0.29, 0.717) is 18.7 Å². The number of nitrogens with zero attached hydrogens (tertiary/aromatic N) is 5. The number of para-hydroxylation sites is 1. The van der Waals surface area contributed by atoms with Crippen LogP contribution in [-0.2, 0) is 19.2 Å². The van der Waals surface area contributed by atoms with Gasteiger partial charge in [-0.15, -0.1) is 0 Å². The fourth-order valence-electron chi connectivity index (χ4n) is 5.45. The van der Waals surface area contributed by atoms with Crippen molar-refractivity contribution in [1.29, 1.82) is 0 Å². The third-order valence-corrected chi connectivity index (χ3v) is 8.46. The predicted octanol–water partition coefficient (Wildman–Crippen LogP) is 0.306. The molecule has 3 heterocycles. The van der Waals surface area contributed by atoms with E-state index < -0.39 is 54.9 Å². The first-order valence-corrected chi connectivity index (χ1v) is 15.3. The minimum Gasteiger partial charge on any atom is -0.481 e. The molecule has 2 aliphatic heterocycles. The first kappa shape index (κ1) is 32.2. The van der Waals surface area contributed by atoms with Crippen LogP contribution in [0, 0.1) is 0 Å². The number of aromatic nitrogens is 2. The van der Waals surface area contributed by atoms with Gasteiger partial charge in [0, 0.05) is 51.3 Å². The highest BCUT2D eigenvalue weighted by atomic mass is 16.5. The Balaban J connectivity index is 1.27. The van der Waals surface area contributed by atoms with E-state index in [1.807, 2.05) is 0 Å². The Morgan fingerprint density at radius 3 is 2.22 bits per heavy atom. The van der Waals surface area contributed by atoms with Crippen LogP contribution >= 0.6 is 0 Å². The molecule has 5 rings (SSSR count). The standard InChI is InChI=1S/C30H37N7O9/c38-24(36-12-11-23(36)28(42)31-19-5-4-6-19)18-46-25-17-22(33-37(25)20-7-2-1-3-8-20)27(41)32-21(9-10-26(39)40)29(43)34-13-15-35(16-14-34)30(44)45/h1-3,7-8,17,19,21,23H,4-6,9-16,18H2,(H,31,42)(H,32,41)(H,39,40)(H,44,45)/t21-,23-/m0/s1. The number of aliphatic carboxylic acids is 1. The molecule has 3 aliphatic rings. The Morgan fingerprint density at radius 2 is 1.63 bits per heavy atom. The van der Waals surface area contributed by atoms with E-state index in [2.05, 4.69) is 15.7 Å². The summed E-state index contributed by atoms with van der Waals surface area (Å²) in [6, 6.07) is 8.45. The fourth-order valence-corrected chi connectivity index (χ4v) is 5.45. The average Bonchev–Trinajstić information content (AvgIpc) is 3.44. The molecule has 16 nitrogen and oxygen atoms in total. The molecule has 2 saturated heterocycles. The normalized spacial score (nSPS) is 18.5. The lowest BCUT2D eigenvalue weighted by Crippen LogP contribution is -2.60. The van der Waals surface area contributed by atoms with Crippen LogP contribution < -0.4 is 15.4 Å². The minimum atomic E-state index is -1.21. The average molecular weight is 640 g/mol. The summed E-state index contributed by atoms with van der Waals surface area (Å²) >= 11 is 0. The first-order valence-electron chi connectivity index (χ1n) is 15.3. The lowest BCUT2D eigenvalue weighted by molar-refractivity contribution is -0.149. The van der Waals surface area contributed by atoms with E-state index in [9.17, 15) is 39.0 Å². The van der Waals surface area contributed by atoms with Gasteiger partial charge in [0.05, 0.1) is 5.69 Å². The molecule has 0 bridgehead atoms. The van der Waals surface area contributed by atoms with Crippen LogP contribution in [0.4, 0.5) is 4.79 Å². The molecular weight excluding hydrogens is 602 g/mol. The quantitative estimate of drug-likeness (QED) is 0.250. The van der Waals surface area contributed by atoms with Gasteiger partial charge in [0.2, 0.25) is 17.7 Å². The van der Waals surface area contributed by atoms with Crippen molar-refractivity contribution < 1.29 is 43.7 Å². The fraction of sp³-hybridized carbons (Fsp3) is 0.500. The molecule has 3 fully saturated rings. The topological polar surface area (TPSA) is 204 Å². The molecule has 1 aliphatic carbocycles. The summed E-state index contributed by atoms with van der Waals surface area (Å²) in [5.74, 6) is -2.95. The Bertz CT molecular complexity index is 1470. The van der Waals surface area contributed by atoms with Crippen LogP contribution in [0.5, 0.6) is 5.88 Å². The maximum absolute atomic E-state index is 13.4. The largest absolute Gasteiger partial charge is 0.481 e. The predicted molar refractivity (Wildman–Crippen MR) is 159 cm³/mol. The van der Waals surface area contributed by atoms with E-state index >= 15 is 0 Å². The maximum atomic E-state index is 13.4. The molecule has 46 heavy (non-hydrogen) atoms. The molecular formula is C30H37N7O9. The Hall–Kier alpha value is -5.15. The van der Waals surface area contributed by atoms with E-state index in [-0.39, 0.29) is 56.1 Å². The van der Waals surface area contributed by atoms with Gasteiger partial charge < -0.3 is 40.3 Å². The van der Waals surface area contributed by atoms with Crippen LogP contribution in [0.3, 0.4) is 0 Å². The van der Waals surface area contributed by atoms with E-state index in [1.54, 1.807) is 30.3 Å². The van der Waals surface area contributed by atoms with Crippen LogP contribution in [0.25, 0.3) is 5.69 Å². The first-order chi connectivity index (χ1) is 22.1. The van der Waals surface area contributed by atoms with Gasteiger partial charge >= 0.3 is 12.1 Å². The third kappa shape index (κ3) is 7.55. The highest BCUT2D eigenvalue weighted by Gasteiger charge is 2.39. The summed E-state index contributed by atoms with van der Waals surface area (Å²) in [5, 5.41) is 28.3. The molecule has 246 valence electrons. The number of nitrogens with one attached hydrogen (secondary N) is 2. The summed E-state index contributed by atoms with van der Waals surface area (Å²) in [4.78, 5) is 78.9. The van der Waals surface area contributed by atoms with Crippen molar-refractivity contribution in [2.75, 3.05) is 39.3 Å². The minimum absolute atomic E-state index is 0.0684. The summed E-state index contributed by atoms with van der Waals surface area (Å²) < 4.78 is 7.16.